The van der Waals surface area contributed by atoms with Gasteiger partial charge < -0.3 is 19.7 Å². The molecule has 0 amide bonds. The molecule has 4 nitrogen and oxygen atoms in total. The van der Waals surface area contributed by atoms with Gasteiger partial charge in [-0.3, -0.25) is 0 Å². The van der Waals surface area contributed by atoms with E-state index in [9.17, 15) is 10.2 Å². The SMILES string of the molecule is CCCCCCOc1cc2c(cc1O)C1(CC2(C)C)CC(C)(C)c2cc(OCCCCCC)c(O)cc21. The lowest BCUT2D eigenvalue weighted by atomic mass is 9.72. The van der Waals surface area contributed by atoms with E-state index in [2.05, 4.69) is 53.7 Å². The number of benzene rings is 2. The first-order valence-electron chi connectivity index (χ1n) is 14.6. The van der Waals surface area contributed by atoms with Crippen molar-refractivity contribution < 1.29 is 19.7 Å². The minimum absolute atomic E-state index is 0.0783. The van der Waals surface area contributed by atoms with Crippen molar-refractivity contribution in [3.05, 3.63) is 46.5 Å². The van der Waals surface area contributed by atoms with Gasteiger partial charge in [0.25, 0.3) is 0 Å². The maximum atomic E-state index is 11.0. The van der Waals surface area contributed by atoms with E-state index in [-0.39, 0.29) is 27.7 Å². The fraction of sp³-hybridized carbons (Fsp3) is 0.636. The molecule has 0 heterocycles. The van der Waals surface area contributed by atoms with Crippen molar-refractivity contribution in [3.63, 3.8) is 0 Å². The number of ether oxygens (including phenoxy) is 2. The molecule has 4 heteroatoms. The fourth-order valence-electron chi connectivity index (χ4n) is 6.99. The lowest BCUT2D eigenvalue weighted by Crippen LogP contribution is -2.26. The lowest BCUT2D eigenvalue weighted by Gasteiger charge is -2.30. The summed E-state index contributed by atoms with van der Waals surface area (Å²) < 4.78 is 12.1. The molecule has 2 aliphatic rings. The molecule has 1 spiro atoms. The Morgan fingerprint density at radius 2 is 1.00 bits per heavy atom. The minimum Gasteiger partial charge on any atom is -0.504 e. The topological polar surface area (TPSA) is 58.9 Å². The van der Waals surface area contributed by atoms with E-state index >= 15 is 0 Å². The largest absolute Gasteiger partial charge is 0.504 e. The van der Waals surface area contributed by atoms with Gasteiger partial charge in [0.15, 0.2) is 23.0 Å². The molecule has 0 unspecified atom stereocenters. The second-order valence-corrected chi connectivity index (χ2v) is 12.8. The van der Waals surface area contributed by atoms with Crippen LogP contribution in [0.15, 0.2) is 24.3 Å². The number of fused-ring (bicyclic) bond motifs is 4. The Balaban J connectivity index is 1.67. The second-order valence-electron chi connectivity index (χ2n) is 12.8. The van der Waals surface area contributed by atoms with Gasteiger partial charge in [-0.05, 0) is 83.0 Å². The number of unbranched alkanes of at least 4 members (excludes halogenated alkanes) is 6. The smallest absolute Gasteiger partial charge is 0.161 e. The summed E-state index contributed by atoms with van der Waals surface area (Å²) in [6.07, 6.45) is 11.0. The second kappa shape index (κ2) is 10.8. The Hall–Kier alpha value is -2.36. The predicted octanol–water partition coefficient (Wildman–Crippen LogP) is 8.66. The van der Waals surface area contributed by atoms with E-state index in [1.807, 2.05) is 12.1 Å². The van der Waals surface area contributed by atoms with Crippen LogP contribution in [0.25, 0.3) is 0 Å². The monoisotopic (exact) mass is 508 g/mol. The van der Waals surface area contributed by atoms with Crippen molar-refractivity contribution in [1.82, 2.24) is 0 Å². The number of phenolic OH excluding ortho intramolecular Hbond substituents is 2. The maximum Gasteiger partial charge on any atom is 0.161 e. The van der Waals surface area contributed by atoms with Crippen LogP contribution in [-0.2, 0) is 16.2 Å². The van der Waals surface area contributed by atoms with Crippen LogP contribution in [0.3, 0.4) is 0 Å². The van der Waals surface area contributed by atoms with E-state index in [0.29, 0.717) is 24.7 Å². The molecule has 0 radical (unpaired) electrons. The van der Waals surface area contributed by atoms with Crippen molar-refractivity contribution in [1.29, 1.82) is 0 Å². The summed E-state index contributed by atoms with van der Waals surface area (Å²) in [4.78, 5) is 0. The summed E-state index contributed by atoms with van der Waals surface area (Å²) in [6, 6.07) is 8.06. The van der Waals surface area contributed by atoms with Crippen molar-refractivity contribution in [3.8, 4) is 23.0 Å². The van der Waals surface area contributed by atoms with Crippen LogP contribution >= 0.6 is 0 Å². The highest BCUT2D eigenvalue weighted by atomic mass is 16.5. The zero-order valence-electron chi connectivity index (χ0n) is 24.0. The number of aromatic hydroxyl groups is 2. The first-order valence-corrected chi connectivity index (χ1v) is 14.6. The van der Waals surface area contributed by atoms with Crippen LogP contribution in [0.2, 0.25) is 0 Å². The van der Waals surface area contributed by atoms with Gasteiger partial charge in [0.1, 0.15) is 0 Å². The third-order valence-corrected chi connectivity index (χ3v) is 8.69. The van der Waals surface area contributed by atoms with E-state index in [1.54, 1.807) is 0 Å². The van der Waals surface area contributed by atoms with Gasteiger partial charge in [0.2, 0.25) is 0 Å². The standard InChI is InChI=1S/C33H48O4/c1-7-9-11-13-15-36-29-19-23-25(17-27(29)34)33(21-31(23,3)4)22-32(5,6)24-20-30(28(35)18-26(24)33)37-16-14-12-10-8-2/h17-20,34-35H,7-16,21-22H2,1-6H3. The molecule has 204 valence electrons. The third-order valence-electron chi connectivity index (χ3n) is 8.69. The Labute approximate surface area is 224 Å². The molecular weight excluding hydrogens is 460 g/mol. The van der Waals surface area contributed by atoms with Crippen LogP contribution < -0.4 is 9.47 Å². The molecule has 0 atom stereocenters. The molecule has 2 aliphatic carbocycles. The zero-order valence-corrected chi connectivity index (χ0v) is 24.0. The Morgan fingerprint density at radius 3 is 1.38 bits per heavy atom. The maximum absolute atomic E-state index is 11.0. The number of hydrogen-bond donors (Lipinski definition) is 2. The summed E-state index contributed by atoms with van der Waals surface area (Å²) in [5.41, 5.74) is 4.42. The van der Waals surface area contributed by atoms with Crippen molar-refractivity contribution in [2.45, 2.75) is 122 Å². The van der Waals surface area contributed by atoms with Crippen molar-refractivity contribution >= 4 is 0 Å². The van der Waals surface area contributed by atoms with E-state index in [1.165, 1.54) is 47.9 Å². The number of phenols is 2. The van der Waals surface area contributed by atoms with Gasteiger partial charge in [0.05, 0.1) is 13.2 Å². The van der Waals surface area contributed by atoms with Crippen LogP contribution in [-0.4, -0.2) is 23.4 Å². The van der Waals surface area contributed by atoms with Gasteiger partial charge in [-0.2, -0.15) is 0 Å². The first-order chi connectivity index (χ1) is 17.6. The molecule has 0 aliphatic heterocycles. The highest BCUT2D eigenvalue weighted by Gasteiger charge is 2.57. The number of hydrogen-bond acceptors (Lipinski definition) is 4. The summed E-state index contributed by atoms with van der Waals surface area (Å²) >= 11 is 0. The molecule has 0 bridgehead atoms. The van der Waals surface area contributed by atoms with Gasteiger partial charge in [-0.15, -0.1) is 0 Å². The van der Waals surface area contributed by atoms with Gasteiger partial charge >= 0.3 is 0 Å². The molecule has 2 aromatic carbocycles. The quantitative estimate of drug-likeness (QED) is 0.282. The van der Waals surface area contributed by atoms with Crippen LogP contribution in [0.4, 0.5) is 0 Å². The molecule has 4 rings (SSSR count). The Bertz CT molecular complexity index is 1010. The minimum atomic E-state index is -0.258. The first kappa shape index (κ1) is 27.7. The van der Waals surface area contributed by atoms with Crippen LogP contribution in [0.1, 0.15) is 128 Å². The predicted molar refractivity (Wildman–Crippen MR) is 152 cm³/mol. The van der Waals surface area contributed by atoms with E-state index in [0.717, 1.165) is 38.5 Å². The average Bonchev–Trinajstić information content (AvgIpc) is 3.18. The Kier molecular flexibility index (Phi) is 8.07. The van der Waals surface area contributed by atoms with Crippen molar-refractivity contribution in [2.24, 2.45) is 0 Å². The highest BCUT2D eigenvalue weighted by molar-refractivity contribution is 5.65. The Morgan fingerprint density at radius 1 is 0.595 bits per heavy atom. The average molecular weight is 509 g/mol. The summed E-state index contributed by atoms with van der Waals surface area (Å²) in [6.45, 7) is 14.8. The van der Waals surface area contributed by atoms with Gasteiger partial charge in [0, 0.05) is 5.41 Å². The molecule has 37 heavy (non-hydrogen) atoms. The highest BCUT2D eigenvalue weighted by Crippen LogP contribution is 2.64. The van der Waals surface area contributed by atoms with Gasteiger partial charge in [-0.1, -0.05) is 80.1 Å². The molecule has 0 aromatic heterocycles. The zero-order chi connectivity index (χ0) is 26.8. The molecule has 0 saturated carbocycles. The van der Waals surface area contributed by atoms with Gasteiger partial charge in [-0.25, -0.2) is 0 Å². The van der Waals surface area contributed by atoms with Crippen LogP contribution in [0.5, 0.6) is 23.0 Å². The number of rotatable bonds is 12. The van der Waals surface area contributed by atoms with Crippen LogP contribution in [0, 0.1) is 0 Å². The molecule has 0 fully saturated rings. The van der Waals surface area contributed by atoms with Crippen molar-refractivity contribution in [2.75, 3.05) is 13.2 Å². The van der Waals surface area contributed by atoms with E-state index < -0.39 is 0 Å². The molecule has 0 saturated heterocycles. The molecule has 2 aromatic rings. The summed E-state index contributed by atoms with van der Waals surface area (Å²) in [7, 11) is 0. The third kappa shape index (κ3) is 5.31. The molecule has 2 N–H and O–H groups in total. The normalized spacial score (nSPS) is 18.1. The van der Waals surface area contributed by atoms with E-state index in [4.69, 9.17) is 9.47 Å². The molecular formula is C33H48O4. The lowest BCUT2D eigenvalue weighted by molar-refractivity contribution is 0.288. The fourth-order valence-corrected chi connectivity index (χ4v) is 6.99. The summed E-state index contributed by atoms with van der Waals surface area (Å²) in [5, 5.41) is 22.1. The summed E-state index contributed by atoms with van der Waals surface area (Å²) in [5.74, 6) is 1.61.